The normalized spacial score (nSPS) is 11.5. The Kier molecular flexibility index (Phi) is 11.1. The quantitative estimate of drug-likeness (QED) is 0.0711. The van der Waals surface area contributed by atoms with Crippen LogP contribution >= 0.6 is 11.6 Å². The maximum atomic E-state index is 13.1. The Balaban J connectivity index is 1.39. The number of nitrogens with two attached hydrogens (primary N) is 1. The summed E-state index contributed by atoms with van der Waals surface area (Å²) >= 11 is 5.71. The summed E-state index contributed by atoms with van der Waals surface area (Å²) in [6.07, 6.45) is 3.41. The fraction of sp³-hybridized carbons (Fsp3) is 0.258. The number of nitrogens with zero attached hydrogens (tertiary/aromatic N) is 3. The molecule has 0 saturated heterocycles. The Hall–Kier alpha value is -5.15. The number of carbonyl (C=O) groups excluding carboxylic acids is 4. The number of aryl methyl sites for hydroxylation is 3. The number of amides is 4. The summed E-state index contributed by atoms with van der Waals surface area (Å²) in [5, 5.41) is 18.3. The molecule has 4 amide bonds. The number of amidine groups is 1. The van der Waals surface area contributed by atoms with Crippen LogP contribution in [0.5, 0.6) is 0 Å². The van der Waals surface area contributed by atoms with E-state index in [0.29, 0.717) is 44.7 Å². The molecule has 14 nitrogen and oxygen atoms in total. The zero-order valence-corrected chi connectivity index (χ0v) is 27.8. The van der Waals surface area contributed by atoms with Gasteiger partial charge in [0.15, 0.2) is 0 Å². The lowest BCUT2D eigenvalue weighted by Crippen LogP contribution is -2.28. The van der Waals surface area contributed by atoms with Gasteiger partial charge < -0.3 is 40.7 Å². The fourth-order valence-corrected chi connectivity index (χ4v) is 6.21. The summed E-state index contributed by atoms with van der Waals surface area (Å²) < 4.78 is 17.0. The van der Waals surface area contributed by atoms with E-state index in [1.165, 1.54) is 16.7 Å². The van der Waals surface area contributed by atoms with Crippen molar-refractivity contribution in [1.82, 2.24) is 19.0 Å². The Morgan fingerprint density at radius 3 is 2.00 bits per heavy atom. The minimum atomic E-state index is -1.25. The number of hydrogen-bond donors (Lipinski definition) is 6. The van der Waals surface area contributed by atoms with Gasteiger partial charge in [-0.1, -0.05) is 0 Å². The van der Waals surface area contributed by atoms with Crippen molar-refractivity contribution in [2.24, 2.45) is 26.9 Å². The maximum Gasteiger partial charge on any atom is 0.272 e. The molecular weight excluding hydrogens is 646 g/mol. The molecule has 47 heavy (non-hydrogen) atoms. The van der Waals surface area contributed by atoms with Crippen molar-refractivity contribution in [3.05, 3.63) is 83.1 Å². The molecule has 0 fully saturated rings. The molecule has 0 aliphatic rings. The Morgan fingerprint density at radius 1 is 0.830 bits per heavy atom. The first-order valence-corrected chi connectivity index (χ1v) is 16.2. The van der Waals surface area contributed by atoms with E-state index in [-0.39, 0.29) is 42.0 Å². The van der Waals surface area contributed by atoms with E-state index >= 15 is 0 Å². The third-order valence-corrected chi connectivity index (χ3v) is 9.15. The molecule has 0 bridgehead atoms. The number of hydrogen-bond acceptors (Lipinski definition) is 6. The van der Waals surface area contributed by atoms with Gasteiger partial charge >= 0.3 is 0 Å². The van der Waals surface area contributed by atoms with Gasteiger partial charge in [0.25, 0.3) is 23.6 Å². The zero-order valence-electron chi connectivity index (χ0n) is 26.3. The van der Waals surface area contributed by atoms with Crippen molar-refractivity contribution >= 4 is 69.1 Å². The molecule has 3 heterocycles. The van der Waals surface area contributed by atoms with Crippen molar-refractivity contribution in [1.29, 1.82) is 5.41 Å². The lowest BCUT2D eigenvalue weighted by Gasteiger charge is -2.11. The number of aromatic nitrogens is 3. The van der Waals surface area contributed by atoms with Crippen LogP contribution in [0.15, 0.2) is 59.8 Å². The molecule has 248 valence electrons. The highest BCUT2D eigenvalue weighted by Crippen LogP contribution is 2.21. The molecule has 0 spiro atoms. The number of rotatable bonds is 13. The molecule has 16 heteroatoms. The van der Waals surface area contributed by atoms with Gasteiger partial charge in [0.1, 0.15) is 22.9 Å². The minimum absolute atomic E-state index is 0.0333. The van der Waals surface area contributed by atoms with Crippen molar-refractivity contribution in [3.8, 4) is 0 Å². The molecule has 0 aliphatic heterocycles. The highest BCUT2D eigenvalue weighted by Gasteiger charge is 2.20. The largest absolute Gasteiger partial charge is 0.388 e. The first kappa shape index (κ1) is 34.7. The van der Waals surface area contributed by atoms with Crippen molar-refractivity contribution < 1.29 is 23.4 Å². The number of nitrogens with one attached hydrogen (secondary N) is 5. The average molecular weight is 682 g/mol. The van der Waals surface area contributed by atoms with E-state index in [4.69, 9.17) is 22.7 Å². The van der Waals surface area contributed by atoms with Crippen LogP contribution in [0.4, 0.5) is 17.2 Å². The van der Waals surface area contributed by atoms with Crippen LogP contribution in [0.25, 0.3) is 0 Å². The molecular formula is C31H36ClN9O5S. The Labute approximate surface area is 278 Å². The number of benzene rings is 1. The first-order chi connectivity index (χ1) is 22.3. The van der Waals surface area contributed by atoms with Gasteiger partial charge in [-0.15, -0.1) is 11.6 Å². The topological polar surface area (TPSA) is 198 Å². The van der Waals surface area contributed by atoms with Gasteiger partial charge in [0, 0.05) is 68.6 Å². The van der Waals surface area contributed by atoms with Crippen LogP contribution in [-0.4, -0.2) is 65.6 Å². The number of halogens is 1. The second-order valence-corrected chi connectivity index (χ2v) is 12.6. The SMILES string of the molecule is Cc1cc(C(=O)Nc2ccc(C(=O)Nc3cc(C(=O)Nc4cc(C(=O)NCCC(=N)N)n(C)c4)n(C)c3)n2C)ccc1S(=O)CCCl. The predicted octanol–water partition coefficient (Wildman–Crippen LogP) is 3.17. The first-order valence-electron chi connectivity index (χ1n) is 14.4. The molecule has 1 aromatic carbocycles. The van der Waals surface area contributed by atoms with Gasteiger partial charge in [0.2, 0.25) is 0 Å². The third kappa shape index (κ3) is 8.37. The standard InChI is InChI=1S/C31H36ClN9O5S/c1-18-13-19(5-7-25(18)47(46)12-10-32)28(42)38-27-8-6-22(41(27)4)30(44)36-21-15-24(40(3)17-21)31(45)37-20-14-23(39(2)16-20)29(43)35-11-9-26(33)34/h5-8,13-17H,9-12H2,1-4H3,(H3,33,34)(H,35,43)(H,36,44)(H,37,45)(H,38,42). The summed E-state index contributed by atoms with van der Waals surface area (Å²) in [6, 6.07) is 11.1. The second kappa shape index (κ2) is 15.0. The van der Waals surface area contributed by atoms with Crippen molar-refractivity contribution in [3.63, 3.8) is 0 Å². The monoisotopic (exact) mass is 681 g/mol. The summed E-state index contributed by atoms with van der Waals surface area (Å²) in [7, 11) is 3.71. The summed E-state index contributed by atoms with van der Waals surface area (Å²) in [4.78, 5) is 52.3. The average Bonchev–Trinajstić information content (AvgIpc) is 3.68. The number of anilines is 3. The maximum absolute atomic E-state index is 13.1. The van der Waals surface area contributed by atoms with Gasteiger partial charge in [0.05, 0.1) is 28.0 Å². The van der Waals surface area contributed by atoms with E-state index in [2.05, 4.69) is 21.3 Å². The Bertz CT molecular complexity index is 1890. The van der Waals surface area contributed by atoms with Crippen molar-refractivity contribution in [2.75, 3.05) is 34.1 Å². The lowest BCUT2D eigenvalue weighted by atomic mass is 10.1. The predicted molar refractivity (Wildman–Crippen MR) is 182 cm³/mol. The fourth-order valence-electron chi connectivity index (χ4n) is 4.79. The van der Waals surface area contributed by atoms with Gasteiger partial charge in [-0.2, -0.15) is 0 Å². The summed E-state index contributed by atoms with van der Waals surface area (Å²) in [6.45, 7) is 1.99. The molecule has 0 saturated carbocycles. The molecule has 0 radical (unpaired) electrons. The van der Waals surface area contributed by atoms with Crippen LogP contribution in [0, 0.1) is 12.3 Å². The van der Waals surface area contributed by atoms with E-state index in [1.54, 1.807) is 79.9 Å². The number of alkyl halides is 1. The van der Waals surface area contributed by atoms with E-state index in [0.717, 1.165) is 0 Å². The van der Waals surface area contributed by atoms with Crippen LogP contribution in [0.3, 0.4) is 0 Å². The molecule has 7 N–H and O–H groups in total. The summed E-state index contributed by atoms with van der Waals surface area (Å²) in [5.74, 6) is -0.750. The Morgan fingerprint density at radius 2 is 1.43 bits per heavy atom. The molecule has 1 unspecified atom stereocenters. The molecule has 3 aromatic heterocycles. The van der Waals surface area contributed by atoms with Gasteiger partial charge in [-0.3, -0.25) is 28.8 Å². The van der Waals surface area contributed by atoms with E-state index in [1.807, 2.05) is 0 Å². The smallest absolute Gasteiger partial charge is 0.272 e. The molecule has 0 aliphatic carbocycles. The highest BCUT2D eigenvalue weighted by molar-refractivity contribution is 7.85. The van der Waals surface area contributed by atoms with E-state index in [9.17, 15) is 23.4 Å². The third-order valence-electron chi connectivity index (χ3n) is 7.21. The minimum Gasteiger partial charge on any atom is -0.388 e. The molecule has 1 atom stereocenters. The van der Waals surface area contributed by atoms with Gasteiger partial charge in [-0.25, -0.2) is 0 Å². The van der Waals surface area contributed by atoms with Crippen LogP contribution < -0.4 is 27.0 Å². The van der Waals surface area contributed by atoms with E-state index < -0.39 is 28.5 Å². The molecule has 4 rings (SSSR count). The van der Waals surface area contributed by atoms with Crippen LogP contribution in [0.1, 0.15) is 53.8 Å². The van der Waals surface area contributed by atoms with Gasteiger partial charge in [-0.05, 0) is 55.0 Å². The second-order valence-electron chi connectivity index (χ2n) is 10.7. The number of carbonyl (C=O) groups is 4. The van der Waals surface area contributed by atoms with Crippen LogP contribution in [-0.2, 0) is 31.9 Å². The van der Waals surface area contributed by atoms with Crippen molar-refractivity contribution in [2.45, 2.75) is 18.2 Å². The zero-order chi connectivity index (χ0) is 34.4. The lowest BCUT2D eigenvalue weighted by molar-refractivity contribution is 0.0944. The van der Waals surface area contributed by atoms with Crippen LogP contribution in [0.2, 0.25) is 0 Å². The summed E-state index contributed by atoms with van der Waals surface area (Å²) in [5.41, 5.74) is 8.00. The molecule has 4 aromatic rings. The highest BCUT2D eigenvalue weighted by atomic mass is 35.5.